The zero-order valence-corrected chi connectivity index (χ0v) is 10.0. The zero-order chi connectivity index (χ0) is 13.7. The molecule has 19 heavy (non-hydrogen) atoms. The second-order valence-corrected chi connectivity index (χ2v) is 3.85. The van der Waals surface area contributed by atoms with Gasteiger partial charge >= 0.3 is 0 Å². The van der Waals surface area contributed by atoms with Gasteiger partial charge in [0.15, 0.2) is 0 Å². The summed E-state index contributed by atoms with van der Waals surface area (Å²) in [7, 11) is 0. The van der Waals surface area contributed by atoms with E-state index in [9.17, 15) is 4.39 Å². The minimum atomic E-state index is -0.418. The normalized spacial score (nSPS) is 9.95. The van der Waals surface area contributed by atoms with Gasteiger partial charge in [-0.3, -0.25) is 4.98 Å². The molecule has 2 aromatic rings. The molecule has 0 aliphatic carbocycles. The lowest BCUT2D eigenvalue weighted by Crippen LogP contribution is -2.00. The van der Waals surface area contributed by atoms with Gasteiger partial charge in [-0.05, 0) is 30.3 Å². The van der Waals surface area contributed by atoms with E-state index in [4.69, 9.17) is 15.1 Å². The summed E-state index contributed by atoms with van der Waals surface area (Å²) in [5.74, 6) is 0.0536. The molecule has 0 unspecified atom stereocenters. The van der Waals surface area contributed by atoms with Crippen molar-refractivity contribution in [1.82, 2.24) is 4.98 Å². The van der Waals surface area contributed by atoms with Gasteiger partial charge in [0.05, 0.1) is 30.1 Å². The Bertz CT molecular complexity index is 606. The number of nitriles is 1. The van der Waals surface area contributed by atoms with E-state index in [0.717, 1.165) is 0 Å². The molecule has 0 amide bonds. The molecule has 0 saturated heterocycles. The molecule has 1 N–H and O–H groups in total. The Labute approximate surface area is 109 Å². The highest BCUT2D eigenvalue weighted by molar-refractivity contribution is 5.33. The number of hydrogen-bond acceptors (Lipinski definition) is 4. The van der Waals surface area contributed by atoms with Crippen LogP contribution in [0.5, 0.6) is 5.75 Å². The van der Waals surface area contributed by atoms with Crippen molar-refractivity contribution in [1.29, 1.82) is 5.26 Å². The fourth-order valence-corrected chi connectivity index (χ4v) is 1.51. The number of hydrogen-bond donors (Lipinski definition) is 1. The predicted molar refractivity (Wildman–Crippen MR) is 65.6 cm³/mol. The smallest absolute Gasteiger partial charge is 0.138 e. The Hall–Kier alpha value is -2.45. The van der Waals surface area contributed by atoms with Crippen LogP contribution in [0.1, 0.15) is 16.8 Å². The van der Waals surface area contributed by atoms with Gasteiger partial charge in [-0.15, -0.1) is 0 Å². The number of halogens is 1. The number of benzene rings is 1. The standard InChI is InChI=1S/C14H11FN2O2/c15-14-4-1-10(6-16)5-11(14)9-19-13-3-2-12(8-18)17-7-13/h1-5,7,18H,8-9H2. The first-order valence-corrected chi connectivity index (χ1v) is 5.60. The van der Waals surface area contributed by atoms with Crippen molar-refractivity contribution in [3.8, 4) is 11.8 Å². The van der Waals surface area contributed by atoms with Crippen LogP contribution in [0.4, 0.5) is 4.39 Å². The fraction of sp³-hybridized carbons (Fsp3) is 0.143. The number of aliphatic hydroxyl groups excluding tert-OH is 1. The van der Waals surface area contributed by atoms with Gasteiger partial charge in [-0.25, -0.2) is 4.39 Å². The Kier molecular flexibility index (Phi) is 4.06. The second kappa shape index (κ2) is 5.94. The summed E-state index contributed by atoms with van der Waals surface area (Å²) < 4.78 is 18.9. The van der Waals surface area contributed by atoms with E-state index in [1.807, 2.05) is 6.07 Å². The topological polar surface area (TPSA) is 66.1 Å². The average molecular weight is 258 g/mol. The van der Waals surface area contributed by atoms with E-state index in [2.05, 4.69) is 4.98 Å². The fourth-order valence-electron chi connectivity index (χ4n) is 1.51. The highest BCUT2D eigenvalue weighted by Crippen LogP contribution is 2.15. The van der Waals surface area contributed by atoms with Crippen molar-refractivity contribution in [2.24, 2.45) is 0 Å². The molecule has 0 bridgehead atoms. The quantitative estimate of drug-likeness (QED) is 0.912. The van der Waals surface area contributed by atoms with Crippen LogP contribution in [0.15, 0.2) is 36.5 Å². The summed E-state index contributed by atoms with van der Waals surface area (Å²) >= 11 is 0. The van der Waals surface area contributed by atoms with Crippen LogP contribution in [0.3, 0.4) is 0 Å². The molecule has 1 heterocycles. The SMILES string of the molecule is N#Cc1ccc(F)c(COc2ccc(CO)nc2)c1. The summed E-state index contributed by atoms with van der Waals surface area (Å²) in [6, 6.07) is 9.31. The van der Waals surface area contributed by atoms with Crippen molar-refractivity contribution in [2.75, 3.05) is 0 Å². The lowest BCUT2D eigenvalue weighted by atomic mass is 10.1. The van der Waals surface area contributed by atoms with Crippen molar-refractivity contribution < 1.29 is 14.2 Å². The molecule has 0 aliphatic rings. The van der Waals surface area contributed by atoms with E-state index >= 15 is 0 Å². The van der Waals surface area contributed by atoms with Gasteiger partial charge in [0.1, 0.15) is 18.2 Å². The minimum absolute atomic E-state index is 0.0154. The number of nitrogens with zero attached hydrogens (tertiary/aromatic N) is 2. The summed E-state index contributed by atoms with van der Waals surface area (Å²) in [4.78, 5) is 3.94. The van der Waals surface area contributed by atoms with Gasteiger partial charge in [0, 0.05) is 5.56 Å². The van der Waals surface area contributed by atoms with Gasteiger partial charge in [-0.1, -0.05) is 0 Å². The van der Waals surface area contributed by atoms with Gasteiger partial charge < -0.3 is 9.84 Å². The third-order valence-electron chi connectivity index (χ3n) is 2.53. The molecule has 0 saturated carbocycles. The molecule has 0 fully saturated rings. The minimum Gasteiger partial charge on any atom is -0.487 e. The molecular weight excluding hydrogens is 247 g/mol. The summed E-state index contributed by atoms with van der Waals surface area (Å²) in [5, 5.41) is 17.6. The first kappa shape index (κ1) is 13.0. The van der Waals surface area contributed by atoms with Crippen molar-refractivity contribution >= 4 is 0 Å². The number of aliphatic hydroxyl groups is 1. The zero-order valence-electron chi connectivity index (χ0n) is 10.0. The number of pyridine rings is 1. The predicted octanol–water partition coefficient (Wildman–Crippen LogP) is 2.16. The van der Waals surface area contributed by atoms with Gasteiger partial charge in [0.2, 0.25) is 0 Å². The lowest BCUT2D eigenvalue weighted by molar-refractivity contribution is 0.274. The number of rotatable bonds is 4. The summed E-state index contributed by atoms with van der Waals surface area (Å²) in [5.41, 5.74) is 1.23. The monoisotopic (exact) mass is 258 g/mol. The van der Waals surface area contributed by atoms with Crippen molar-refractivity contribution in [3.63, 3.8) is 0 Å². The van der Waals surface area contributed by atoms with Crippen LogP contribution in [0.2, 0.25) is 0 Å². The molecule has 1 aromatic carbocycles. The van der Waals surface area contributed by atoms with E-state index in [0.29, 0.717) is 22.6 Å². The highest BCUT2D eigenvalue weighted by atomic mass is 19.1. The Balaban J connectivity index is 2.07. The van der Waals surface area contributed by atoms with Crippen LogP contribution < -0.4 is 4.74 Å². The van der Waals surface area contributed by atoms with Gasteiger partial charge in [0.25, 0.3) is 0 Å². The first-order valence-electron chi connectivity index (χ1n) is 5.60. The van der Waals surface area contributed by atoms with Crippen LogP contribution >= 0.6 is 0 Å². The number of aromatic nitrogens is 1. The van der Waals surface area contributed by atoms with Crippen molar-refractivity contribution in [3.05, 3.63) is 59.2 Å². The molecule has 1 aromatic heterocycles. The average Bonchev–Trinajstić information content (AvgIpc) is 2.47. The Morgan fingerprint density at radius 3 is 2.79 bits per heavy atom. The maximum atomic E-state index is 13.5. The molecular formula is C14H11FN2O2. The summed E-state index contributed by atoms with van der Waals surface area (Å²) in [6.07, 6.45) is 1.46. The molecule has 5 heteroatoms. The van der Waals surface area contributed by atoms with Crippen LogP contribution in [0.25, 0.3) is 0 Å². The molecule has 4 nitrogen and oxygen atoms in total. The van der Waals surface area contributed by atoms with Crippen LogP contribution in [0, 0.1) is 17.1 Å². The molecule has 96 valence electrons. The molecule has 0 radical (unpaired) electrons. The third kappa shape index (κ3) is 3.27. The maximum absolute atomic E-state index is 13.5. The number of ether oxygens (including phenoxy) is 1. The first-order chi connectivity index (χ1) is 9.22. The molecule has 2 rings (SSSR count). The lowest BCUT2D eigenvalue weighted by Gasteiger charge is -2.07. The Morgan fingerprint density at radius 1 is 1.32 bits per heavy atom. The van der Waals surface area contributed by atoms with E-state index < -0.39 is 5.82 Å². The highest BCUT2D eigenvalue weighted by Gasteiger charge is 2.05. The van der Waals surface area contributed by atoms with E-state index in [1.165, 1.54) is 24.4 Å². The van der Waals surface area contributed by atoms with E-state index in [1.54, 1.807) is 12.1 Å². The van der Waals surface area contributed by atoms with E-state index in [-0.39, 0.29) is 13.2 Å². The molecule has 0 aliphatic heterocycles. The molecule has 0 spiro atoms. The largest absolute Gasteiger partial charge is 0.487 e. The second-order valence-electron chi connectivity index (χ2n) is 3.85. The molecule has 0 atom stereocenters. The third-order valence-corrected chi connectivity index (χ3v) is 2.53. The van der Waals surface area contributed by atoms with Crippen LogP contribution in [-0.2, 0) is 13.2 Å². The van der Waals surface area contributed by atoms with Crippen molar-refractivity contribution in [2.45, 2.75) is 13.2 Å². The maximum Gasteiger partial charge on any atom is 0.138 e. The Morgan fingerprint density at radius 2 is 2.16 bits per heavy atom. The summed E-state index contributed by atoms with van der Waals surface area (Å²) in [6.45, 7) is -0.124. The van der Waals surface area contributed by atoms with Gasteiger partial charge in [-0.2, -0.15) is 5.26 Å². The van der Waals surface area contributed by atoms with Crippen LogP contribution in [-0.4, -0.2) is 10.1 Å².